The molecule has 0 unspecified atom stereocenters. The number of sulfone groups is 5. The topological polar surface area (TPSA) is 359 Å². The van der Waals surface area contributed by atoms with E-state index in [1.165, 1.54) is 43.0 Å². The van der Waals surface area contributed by atoms with Crippen LogP contribution in [0.15, 0.2) is 285 Å². The Balaban J connectivity index is 0.000000169. The van der Waals surface area contributed by atoms with Crippen molar-refractivity contribution in [3.63, 3.8) is 0 Å². The number of amides is 1. The third-order valence-electron chi connectivity index (χ3n) is 22.5. The lowest BCUT2D eigenvalue weighted by Gasteiger charge is -2.24. The zero-order chi connectivity index (χ0) is 94.3. The van der Waals surface area contributed by atoms with Crippen molar-refractivity contribution in [1.82, 2.24) is 40.6 Å². The molecule has 24 nitrogen and oxygen atoms in total. The second-order valence-electron chi connectivity index (χ2n) is 33.5. The number of rotatable bonds is 26. The van der Waals surface area contributed by atoms with E-state index in [0.717, 1.165) is 101 Å². The van der Waals surface area contributed by atoms with Crippen molar-refractivity contribution in [2.45, 2.75) is 111 Å². The monoisotopic (exact) mass is 1850 g/mol. The van der Waals surface area contributed by atoms with Crippen molar-refractivity contribution in [2.24, 2.45) is 0 Å². The molecule has 670 valence electrons. The van der Waals surface area contributed by atoms with E-state index in [1.807, 2.05) is 192 Å². The first-order chi connectivity index (χ1) is 61.9. The Labute approximate surface area is 763 Å². The molecule has 0 bridgehead atoms. The predicted octanol–water partition coefficient (Wildman–Crippen LogP) is 19.4. The van der Waals surface area contributed by atoms with Gasteiger partial charge >= 0.3 is 0 Å². The summed E-state index contributed by atoms with van der Waals surface area (Å²) in [5, 5.41) is 23.5. The van der Waals surface area contributed by atoms with Crippen molar-refractivity contribution in [2.75, 3.05) is 38.4 Å². The first-order valence-electron chi connectivity index (χ1n) is 41.5. The Morgan fingerprint density at radius 2 is 0.802 bits per heavy atom. The number of methoxy groups -OCH3 is 1. The number of nitrogens with one attached hydrogen (secondary N) is 1. The molecule has 0 radical (unpaired) electrons. The number of pyridine rings is 3. The predicted molar refractivity (Wildman–Crippen MR) is 515 cm³/mol. The summed E-state index contributed by atoms with van der Waals surface area (Å²) in [5.41, 5.74) is 14.9. The van der Waals surface area contributed by atoms with E-state index in [1.54, 1.807) is 132 Å². The minimum Gasteiger partial charge on any atom is -0.497 e. The van der Waals surface area contributed by atoms with E-state index in [9.17, 15) is 52.1 Å². The quantitative estimate of drug-likeness (QED) is 0.0388. The number of aromatic nitrogens is 7. The Bertz CT molecular complexity index is 7630. The van der Waals surface area contributed by atoms with Gasteiger partial charge in [-0.2, -0.15) is 15.2 Å². The SMILES string of the molecule is CC(C)NC(=O)/C(=C\c1cccc(-c2cc(C(C)(C)C#N)cc3cccnc23)c1)c1ccc(S(C)(=O)=O)cc1.CCc1noc(/C(=C/c2cccc(-c3cc(C(C)(C)S(C)(=O)=O)cc4cccnc34)c2)c2ccc(S(C)(=O)=O)cc2)n1.COc1ccc(OCc2noc(/C(=C/c3cccc(-c4cc(C(C)(C)S(C)(=O)=O)cc5cccnc45)c3)c3ccc(S(C)(=O)=O)cc3)n2)cc1. The van der Waals surface area contributed by atoms with Gasteiger partial charge in [0.05, 0.1) is 59.3 Å². The number of nitriles is 1. The van der Waals surface area contributed by atoms with Crippen molar-refractivity contribution < 1.29 is 65.4 Å². The standard InChI is InChI=1S/C38H35N3O7S2.C32H31N3O5S2.C32H31N3O3S/c1-38(2,50(5,44)45)29-22-28-10-7-19-39-36(28)33(23-29)27-9-6-8-25(20-27)21-34(26-11-17-32(18-12-26)49(4,42)43)37-40-35(41-48-37)24-47-31-15-13-30(46-3)14-16-31;1-6-29-34-31(40-35-29)28(22-12-14-26(15-13-22)41(4,36)37)18-21-9-7-10-23(17-21)27-20-25(32(2,3)42(5,38)39)19-24-11-8-16-33-30(24)27;1-21(2)35-31(36)29(23-11-13-27(14-12-23)39(5,37)38)17-22-8-6-9-24(16-22)28-19-26(32(3,4)20-33)18-25-10-7-15-34-30(25)28/h6-23H,24H2,1-5H3;7-20H,6H2,1-5H3;6-19,21H,1-5H3,(H,35,36)/b34-21+;28-18+;29-17-. The van der Waals surface area contributed by atoms with Crippen molar-refractivity contribution in [3.05, 3.63) is 335 Å². The lowest BCUT2D eigenvalue weighted by Crippen LogP contribution is -2.30. The van der Waals surface area contributed by atoms with E-state index in [2.05, 4.69) is 46.6 Å². The Hall–Kier alpha value is -13.8. The lowest BCUT2D eigenvalue weighted by molar-refractivity contribution is -0.116. The summed E-state index contributed by atoms with van der Waals surface area (Å²) >= 11 is 0. The molecule has 1 amide bonds. The van der Waals surface area contributed by atoms with Crippen molar-refractivity contribution >= 4 is 123 Å². The van der Waals surface area contributed by atoms with Gasteiger partial charge in [-0.15, -0.1) is 0 Å². The van der Waals surface area contributed by atoms with Crippen LogP contribution in [0.1, 0.15) is 136 Å². The number of carbonyl (C=O) groups excluding carboxylic acids is 1. The molecular weight excluding hydrogens is 1750 g/mol. The van der Waals surface area contributed by atoms with Crippen LogP contribution < -0.4 is 14.8 Å². The third kappa shape index (κ3) is 22.2. The minimum atomic E-state index is -3.45. The van der Waals surface area contributed by atoms with Crippen LogP contribution in [-0.4, -0.2) is 128 Å². The van der Waals surface area contributed by atoms with Crippen LogP contribution in [0.4, 0.5) is 0 Å². The van der Waals surface area contributed by atoms with E-state index in [0.29, 0.717) is 80.0 Å². The second kappa shape index (κ2) is 38.5. The molecule has 0 aliphatic heterocycles. The average molecular weight is 1850 g/mol. The average Bonchev–Trinajstić information content (AvgIpc) is 0.941. The number of carbonyl (C=O) groups is 1. The van der Waals surface area contributed by atoms with Gasteiger partial charge in [-0.05, 0) is 274 Å². The number of ether oxygens (including phenoxy) is 2. The van der Waals surface area contributed by atoms with Gasteiger partial charge in [-0.1, -0.05) is 126 Å². The molecule has 1 N–H and O–H groups in total. The Kier molecular flexibility index (Phi) is 27.9. The van der Waals surface area contributed by atoms with Crippen LogP contribution in [0.3, 0.4) is 0 Å². The van der Waals surface area contributed by atoms with E-state index >= 15 is 0 Å². The number of nitrogens with zero attached hydrogens (tertiary/aromatic N) is 8. The number of benzene rings is 10. The molecule has 131 heavy (non-hydrogen) atoms. The highest BCUT2D eigenvalue weighted by Gasteiger charge is 2.35. The highest BCUT2D eigenvalue weighted by molar-refractivity contribution is 7.92. The molecule has 10 aromatic carbocycles. The van der Waals surface area contributed by atoms with Crippen LogP contribution in [0, 0.1) is 11.3 Å². The van der Waals surface area contributed by atoms with Gasteiger partial charge in [0.1, 0.15) is 11.5 Å². The van der Waals surface area contributed by atoms with E-state index < -0.39 is 64.1 Å². The van der Waals surface area contributed by atoms with Crippen LogP contribution in [0.25, 0.3) is 101 Å². The molecule has 15 rings (SSSR count). The fraction of sp³-hybridized carbons (Fsp3) is 0.206. The van der Waals surface area contributed by atoms with Gasteiger partial charge in [0, 0.05) is 112 Å². The Morgan fingerprint density at radius 1 is 0.443 bits per heavy atom. The summed E-state index contributed by atoms with van der Waals surface area (Å²) in [7, 11) is -15.4. The summed E-state index contributed by atoms with van der Waals surface area (Å²) in [5.74, 6) is 2.44. The summed E-state index contributed by atoms with van der Waals surface area (Å²) in [6, 6.07) is 75.0. The third-order valence-corrected chi connectivity index (χ3v) is 30.0. The van der Waals surface area contributed by atoms with Crippen LogP contribution in [0.5, 0.6) is 11.5 Å². The Morgan fingerprint density at radius 3 is 1.16 bits per heavy atom. The molecule has 5 aromatic heterocycles. The molecule has 0 atom stereocenters. The molecule has 0 fully saturated rings. The van der Waals surface area contributed by atoms with Crippen LogP contribution in [0.2, 0.25) is 0 Å². The molecule has 29 heteroatoms. The van der Waals surface area contributed by atoms with Crippen molar-refractivity contribution in [1.29, 1.82) is 5.26 Å². The van der Waals surface area contributed by atoms with Gasteiger partial charge < -0.3 is 23.8 Å². The van der Waals surface area contributed by atoms with Crippen LogP contribution >= 0.6 is 0 Å². The fourth-order valence-electron chi connectivity index (χ4n) is 14.2. The van der Waals surface area contributed by atoms with Crippen LogP contribution in [-0.2, 0) is 81.9 Å². The summed E-state index contributed by atoms with van der Waals surface area (Å²) in [6.45, 7) is 16.3. The van der Waals surface area contributed by atoms with Gasteiger partial charge in [0.2, 0.25) is 5.82 Å². The maximum atomic E-state index is 13.2. The minimum absolute atomic E-state index is 0.0475. The number of fused-ring (bicyclic) bond motifs is 3. The number of hydrogen-bond acceptors (Lipinski definition) is 23. The summed E-state index contributed by atoms with van der Waals surface area (Å²) in [4.78, 5) is 36.8. The smallest absolute Gasteiger partial charge is 0.258 e. The maximum absolute atomic E-state index is 13.2. The first kappa shape index (κ1) is 94.8. The molecule has 0 aliphatic rings. The number of aryl methyl sites for hydroxylation is 1. The van der Waals surface area contributed by atoms with Crippen molar-refractivity contribution in [3.8, 4) is 50.9 Å². The molecule has 0 aliphatic carbocycles. The zero-order valence-corrected chi connectivity index (χ0v) is 78.9. The molecule has 5 heterocycles. The second-order valence-corrected chi connectivity index (χ2v) is 44.7. The largest absolute Gasteiger partial charge is 0.497 e. The number of hydrogen-bond donors (Lipinski definition) is 1. The molecular formula is C102H97N9O15S5. The molecule has 15 aromatic rings. The zero-order valence-electron chi connectivity index (χ0n) is 74.8. The highest BCUT2D eigenvalue weighted by Crippen LogP contribution is 2.42. The molecule has 0 saturated carbocycles. The normalized spacial score (nSPS) is 12.7. The van der Waals surface area contributed by atoms with E-state index in [-0.39, 0.29) is 39.1 Å². The lowest BCUT2D eigenvalue weighted by atomic mass is 9.83. The van der Waals surface area contributed by atoms with Gasteiger partial charge in [0.25, 0.3) is 17.7 Å². The summed E-state index contributed by atoms with van der Waals surface area (Å²) in [6.07, 6.45) is 17.3. The van der Waals surface area contributed by atoms with E-state index in [4.69, 9.17) is 18.5 Å². The fourth-order valence-corrected chi connectivity index (χ4v) is 17.2. The maximum Gasteiger partial charge on any atom is 0.258 e. The first-order valence-corrected chi connectivity index (χ1v) is 50.9. The van der Waals surface area contributed by atoms with Gasteiger partial charge in [0.15, 0.2) is 61.6 Å². The van der Waals surface area contributed by atoms with Gasteiger partial charge in [-0.25, -0.2) is 42.1 Å². The highest BCUT2D eigenvalue weighted by atomic mass is 32.2. The van der Waals surface area contributed by atoms with Gasteiger partial charge in [-0.3, -0.25) is 19.7 Å². The molecule has 0 spiro atoms. The summed E-state index contributed by atoms with van der Waals surface area (Å²) < 4.78 is 143. The molecule has 0 saturated heterocycles.